The molecule has 0 spiro atoms. The number of benzene rings is 2. The Balaban J connectivity index is 1.35. The zero-order valence-electron chi connectivity index (χ0n) is 25.9. The number of nitro benzene ring substituents is 1. The Bertz CT molecular complexity index is 1420. The normalized spacial score (nSPS) is 22.2. The lowest BCUT2D eigenvalue weighted by Crippen LogP contribution is -2.51. The molecule has 0 radical (unpaired) electrons. The zero-order chi connectivity index (χ0) is 31.3. The minimum Gasteiger partial charge on any atom is -0.468 e. The van der Waals surface area contributed by atoms with Crippen LogP contribution in [-0.4, -0.2) is 73.9 Å². The van der Waals surface area contributed by atoms with Gasteiger partial charge in [0, 0.05) is 73.3 Å². The molecule has 10 nitrogen and oxygen atoms in total. The molecule has 2 heterocycles. The number of hydrogen-bond acceptors (Lipinski definition) is 9. The number of carbonyl (C=O) groups excluding carboxylic acids is 2. The molecule has 0 bridgehead atoms. The molecule has 0 aromatic heterocycles. The Labute approximate surface area is 258 Å². The molecule has 1 saturated heterocycles. The number of non-ortho nitro benzene ring substituents is 1. The van der Waals surface area contributed by atoms with E-state index in [9.17, 15) is 19.7 Å². The van der Waals surface area contributed by atoms with Gasteiger partial charge in [-0.05, 0) is 44.4 Å². The summed E-state index contributed by atoms with van der Waals surface area (Å²) in [4.78, 5) is 47.6. The highest BCUT2D eigenvalue weighted by atomic mass is 16.6. The monoisotopic (exact) mass is 602 g/mol. The lowest BCUT2D eigenvalue weighted by molar-refractivity contribution is -0.384. The van der Waals surface area contributed by atoms with Gasteiger partial charge in [-0.3, -0.25) is 24.8 Å². The third-order valence-corrected chi connectivity index (χ3v) is 9.42. The van der Waals surface area contributed by atoms with Gasteiger partial charge in [-0.1, -0.05) is 49.6 Å². The molecule has 0 N–H and O–H groups in total. The van der Waals surface area contributed by atoms with Crippen molar-refractivity contribution in [1.29, 1.82) is 0 Å². The van der Waals surface area contributed by atoms with Gasteiger partial charge in [0.15, 0.2) is 0 Å². The number of methoxy groups -OCH3 is 1. The van der Waals surface area contributed by atoms with Gasteiger partial charge >= 0.3 is 11.9 Å². The van der Waals surface area contributed by atoms with Crippen LogP contribution < -0.4 is 4.90 Å². The third-order valence-electron chi connectivity index (χ3n) is 9.42. The number of allylic oxidation sites excluding steroid dienone is 1. The zero-order valence-corrected chi connectivity index (χ0v) is 25.9. The van der Waals surface area contributed by atoms with E-state index in [1.807, 2.05) is 6.07 Å². The molecule has 10 heteroatoms. The van der Waals surface area contributed by atoms with Crippen molar-refractivity contribution < 1.29 is 24.0 Å². The Morgan fingerprint density at radius 2 is 1.70 bits per heavy atom. The molecule has 0 amide bonds. The number of rotatable bonds is 9. The summed E-state index contributed by atoms with van der Waals surface area (Å²) in [5.74, 6) is -2.82. The molecule has 2 aliphatic heterocycles. The maximum atomic E-state index is 14.0. The number of aliphatic imine (C=N–C) groups is 1. The Kier molecular flexibility index (Phi) is 9.78. The number of hydrogen-bond donors (Lipinski definition) is 0. The third kappa shape index (κ3) is 6.85. The smallest absolute Gasteiger partial charge is 0.336 e. The molecule has 44 heavy (non-hydrogen) atoms. The molecule has 2 unspecified atom stereocenters. The molecule has 2 aromatic carbocycles. The van der Waals surface area contributed by atoms with Gasteiger partial charge in [0.25, 0.3) is 5.69 Å². The molecule has 5 rings (SSSR count). The van der Waals surface area contributed by atoms with E-state index in [0.717, 1.165) is 58.4 Å². The van der Waals surface area contributed by atoms with E-state index >= 15 is 0 Å². The highest BCUT2D eigenvalue weighted by Crippen LogP contribution is 2.42. The topological polar surface area (TPSA) is 115 Å². The van der Waals surface area contributed by atoms with Gasteiger partial charge in [-0.2, -0.15) is 0 Å². The van der Waals surface area contributed by atoms with Crippen LogP contribution in [0.4, 0.5) is 11.4 Å². The van der Waals surface area contributed by atoms with E-state index in [2.05, 4.69) is 39.1 Å². The average Bonchev–Trinajstić information content (AvgIpc) is 3.04. The summed E-state index contributed by atoms with van der Waals surface area (Å²) >= 11 is 0. The SMILES string of the molecule is COC(=O)C1C(C)=NC(C)=C(C(=O)OCC2(CN3CCN(c4ccccc4)CC3)CCCCC2)C1c1cccc([N+](=O)[O-])c1. The standard InChI is InChI=1S/C34H42N4O6/c1-24-29(32(39)43-3)31(26-11-10-14-28(21-26)38(41)42)30(25(2)35-24)33(40)44-23-34(15-8-5-9-16-34)22-36-17-19-37(20-18-36)27-12-6-4-7-13-27/h4,6-7,10-14,21,29,31H,5,8-9,15-20,22-23H2,1-3H3. The van der Waals surface area contributed by atoms with Crippen molar-refractivity contribution in [2.45, 2.75) is 51.9 Å². The van der Waals surface area contributed by atoms with Crippen LogP contribution in [-0.2, 0) is 19.1 Å². The highest BCUT2D eigenvalue weighted by molar-refractivity contribution is 6.07. The average molecular weight is 603 g/mol. The Morgan fingerprint density at radius 1 is 1.00 bits per heavy atom. The Morgan fingerprint density at radius 3 is 2.36 bits per heavy atom. The first-order valence-corrected chi connectivity index (χ1v) is 15.5. The van der Waals surface area contributed by atoms with Crippen LogP contribution in [0.5, 0.6) is 0 Å². The second kappa shape index (κ2) is 13.7. The van der Waals surface area contributed by atoms with E-state index in [0.29, 0.717) is 17.0 Å². The van der Waals surface area contributed by atoms with Crippen molar-refractivity contribution in [3.8, 4) is 0 Å². The maximum Gasteiger partial charge on any atom is 0.336 e. The predicted octanol–water partition coefficient (Wildman–Crippen LogP) is 5.53. The van der Waals surface area contributed by atoms with Crippen LogP contribution in [0, 0.1) is 21.4 Å². The van der Waals surface area contributed by atoms with Crippen LogP contribution in [0.15, 0.2) is 70.9 Å². The van der Waals surface area contributed by atoms with E-state index < -0.39 is 28.7 Å². The van der Waals surface area contributed by atoms with Crippen molar-refractivity contribution >= 4 is 29.0 Å². The molecule has 2 fully saturated rings. The number of ether oxygens (including phenoxy) is 2. The van der Waals surface area contributed by atoms with Gasteiger partial charge in [0.1, 0.15) is 5.92 Å². The lowest BCUT2D eigenvalue weighted by Gasteiger charge is -2.44. The van der Waals surface area contributed by atoms with E-state index in [1.165, 1.54) is 31.4 Å². The summed E-state index contributed by atoms with van der Waals surface area (Å²) in [6.45, 7) is 8.35. The minimum absolute atomic E-state index is 0.120. The second-order valence-corrected chi connectivity index (χ2v) is 12.3. The van der Waals surface area contributed by atoms with Gasteiger partial charge in [-0.15, -0.1) is 0 Å². The van der Waals surface area contributed by atoms with E-state index in [4.69, 9.17) is 9.47 Å². The molecule has 2 atom stereocenters. The fourth-order valence-electron chi connectivity index (χ4n) is 7.15. The molecular formula is C34H42N4O6. The Hall–Kier alpha value is -4.05. The summed E-state index contributed by atoms with van der Waals surface area (Å²) in [5.41, 5.74) is 2.61. The van der Waals surface area contributed by atoms with Crippen LogP contribution in [0.2, 0.25) is 0 Å². The van der Waals surface area contributed by atoms with Gasteiger partial charge < -0.3 is 14.4 Å². The maximum absolute atomic E-state index is 14.0. The van der Waals surface area contributed by atoms with Crippen LogP contribution in [0.1, 0.15) is 57.4 Å². The summed E-state index contributed by atoms with van der Waals surface area (Å²) in [6, 6.07) is 16.5. The number of anilines is 1. The molecule has 1 saturated carbocycles. The molecule has 2 aromatic rings. The van der Waals surface area contributed by atoms with Crippen molar-refractivity contribution in [2.75, 3.05) is 51.3 Å². The van der Waals surface area contributed by atoms with Crippen molar-refractivity contribution in [2.24, 2.45) is 16.3 Å². The number of carbonyl (C=O) groups is 2. The highest BCUT2D eigenvalue weighted by Gasteiger charge is 2.44. The minimum atomic E-state index is -0.905. The van der Waals surface area contributed by atoms with E-state index in [1.54, 1.807) is 26.0 Å². The van der Waals surface area contributed by atoms with Gasteiger partial charge in [0.2, 0.25) is 0 Å². The predicted molar refractivity (Wildman–Crippen MR) is 169 cm³/mol. The van der Waals surface area contributed by atoms with Crippen molar-refractivity contribution in [3.05, 3.63) is 81.5 Å². The quantitative estimate of drug-likeness (QED) is 0.209. The van der Waals surface area contributed by atoms with Crippen LogP contribution in [0.3, 0.4) is 0 Å². The number of para-hydroxylation sites is 1. The first kappa shape index (κ1) is 31.4. The van der Waals surface area contributed by atoms with Crippen molar-refractivity contribution in [1.82, 2.24) is 4.90 Å². The van der Waals surface area contributed by atoms with Gasteiger partial charge in [-0.25, -0.2) is 4.79 Å². The fourth-order valence-corrected chi connectivity index (χ4v) is 7.15. The summed E-state index contributed by atoms with van der Waals surface area (Å²) in [6.07, 6.45) is 5.31. The number of nitrogens with zero attached hydrogens (tertiary/aromatic N) is 4. The summed E-state index contributed by atoms with van der Waals surface area (Å²) < 4.78 is 11.3. The number of nitro groups is 1. The van der Waals surface area contributed by atoms with Gasteiger partial charge in [0.05, 0.1) is 24.2 Å². The second-order valence-electron chi connectivity index (χ2n) is 12.3. The van der Waals surface area contributed by atoms with Crippen LogP contribution >= 0.6 is 0 Å². The van der Waals surface area contributed by atoms with Crippen LogP contribution in [0.25, 0.3) is 0 Å². The number of piperazine rings is 1. The first-order chi connectivity index (χ1) is 21.2. The largest absolute Gasteiger partial charge is 0.468 e. The first-order valence-electron chi connectivity index (χ1n) is 15.5. The lowest BCUT2D eigenvalue weighted by atomic mass is 9.74. The molecular weight excluding hydrogens is 560 g/mol. The summed E-state index contributed by atoms with van der Waals surface area (Å²) in [7, 11) is 1.29. The molecule has 234 valence electrons. The number of esters is 2. The molecule has 3 aliphatic rings. The van der Waals surface area contributed by atoms with E-state index in [-0.39, 0.29) is 23.3 Å². The fraction of sp³-hybridized carbons (Fsp3) is 0.500. The summed E-state index contributed by atoms with van der Waals surface area (Å²) in [5, 5.41) is 11.6. The molecule has 1 aliphatic carbocycles. The van der Waals surface area contributed by atoms with Crippen molar-refractivity contribution in [3.63, 3.8) is 0 Å².